The Morgan fingerprint density at radius 3 is 1.94 bits per heavy atom. The third-order valence-corrected chi connectivity index (χ3v) is 9.89. The first-order chi connectivity index (χ1) is 14.8. The van der Waals surface area contributed by atoms with Gasteiger partial charge in [-0.05, 0) is 56.1 Å². The maximum Gasteiger partial charge on any atom is 0.509 e. The number of hydrogen-bond donors (Lipinski definition) is 0. The van der Waals surface area contributed by atoms with E-state index in [2.05, 4.69) is 39.9 Å². The quantitative estimate of drug-likeness (QED) is 0.241. The van der Waals surface area contributed by atoms with Gasteiger partial charge in [0.05, 0.1) is 5.76 Å². The van der Waals surface area contributed by atoms with E-state index in [4.69, 9.17) is 13.9 Å². The second-order valence-electron chi connectivity index (χ2n) is 10.6. The summed E-state index contributed by atoms with van der Waals surface area (Å²) in [7, 11) is -2.11. The number of ether oxygens (including phenoxy) is 2. The molecule has 2 aromatic carbocycles. The lowest BCUT2D eigenvalue weighted by Gasteiger charge is -2.38. The Hall–Kier alpha value is -2.53. The molecule has 0 aromatic heterocycles. The predicted molar refractivity (Wildman–Crippen MR) is 134 cm³/mol. The molecule has 4 nitrogen and oxygen atoms in total. The third-order valence-electron chi connectivity index (χ3n) is 5.51. The van der Waals surface area contributed by atoms with Crippen molar-refractivity contribution in [1.29, 1.82) is 0 Å². The lowest BCUT2D eigenvalue weighted by Crippen LogP contribution is -2.40. The molecule has 5 heteroatoms. The van der Waals surface area contributed by atoms with Crippen LogP contribution in [0.5, 0.6) is 0 Å². The standard InChI is InChI=1S/C27H38O4Si/c1-26(2,3)30-25(28)29-24(22-17-13-10-14-18-22)20-23(19-21-15-11-9-12-16-21)31-32(7,8)27(4,5)6/h9-19,24H,20H2,1-8H3/b23-19-/t24-/m1/s1. The van der Waals surface area contributed by atoms with Gasteiger partial charge < -0.3 is 13.9 Å². The first-order valence-corrected chi connectivity index (χ1v) is 14.1. The Morgan fingerprint density at radius 1 is 0.906 bits per heavy atom. The molecule has 0 aliphatic carbocycles. The van der Waals surface area contributed by atoms with Gasteiger partial charge in [-0.2, -0.15) is 0 Å². The minimum Gasteiger partial charge on any atom is -0.546 e. The summed E-state index contributed by atoms with van der Waals surface area (Å²) in [4.78, 5) is 12.5. The molecular weight excluding hydrogens is 416 g/mol. The van der Waals surface area contributed by atoms with Crippen molar-refractivity contribution < 1.29 is 18.7 Å². The molecule has 0 heterocycles. The molecule has 32 heavy (non-hydrogen) atoms. The van der Waals surface area contributed by atoms with Gasteiger partial charge in [0.2, 0.25) is 8.32 Å². The summed E-state index contributed by atoms with van der Waals surface area (Å²) in [5.74, 6) is 0.806. The largest absolute Gasteiger partial charge is 0.546 e. The van der Waals surface area contributed by atoms with Crippen molar-refractivity contribution in [2.45, 2.75) is 77.8 Å². The molecule has 0 saturated heterocycles. The average Bonchev–Trinajstić information content (AvgIpc) is 2.66. The molecule has 174 valence electrons. The molecule has 0 bridgehead atoms. The average molecular weight is 455 g/mol. The monoisotopic (exact) mass is 454 g/mol. The van der Waals surface area contributed by atoms with Crippen molar-refractivity contribution in [3.05, 3.63) is 77.5 Å². The zero-order valence-corrected chi connectivity index (χ0v) is 21.8. The van der Waals surface area contributed by atoms with Crippen LogP contribution in [0.15, 0.2) is 66.4 Å². The van der Waals surface area contributed by atoms with Crippen molar-refractivity contribution >= 4 is 20.5 Å². The van der Waals surface area contributed by atoms with Gasteiger partial charge >= 0.3 is 6.16 Å². The summed E-state index contributed by atoms with van der Waals surface area (Å²) in [6.45, 7) is 16.6. The van der Waals surface area contributed by atoms with Crippen LogP contribution in [0.4, 0.5) is 4.79 Å². The van der Waals surface area contributed by atoms with Crippen molar-refractivity contribution in [2.24, 2.45) is 0 Å². The van der Waals surface area contributed by atoms with Crippen LogP contribution >= 0.6 is 0 Å². The molecule has 0 amide bonds. The van der Waals surface area contributed by atoms with Crippen LogP contribution in [-0.2, 0) is 13.9 Å². The predicted octanol–water partition coefficient (Wildman–Crippen LogP) is 8.13. The summed E-state index contributed by atoms with van der Waals surface area (Å²) in [5.41, 5.74) is 1.32. The van der Waals surface area contributed by atoms with Gasteiger partial charge in [-0.15, -0.1) is 0 Å². The molecule has 0 aliphatic rings. The van der Waals surface area contributed by atoms with Crippen LogP contribution < -0.4 is 0 Å². The first-order valence-electron chi connectivity index (χ1n) is 11.2. The molecule has 2 rings (SSSR count). The van der Waals surface area contributed by atoms with E-state index in [-0.39, 0.29) is 5.04 Å². The van der Waals surface area contributed by atoms with Gasteiger partial charge in [0.15, 0.2) is 0 Å². The fraction of sp³-hybridized carbons (Fsp3) is 0.444. The van der Waals surface area contributed by atoms with Gasteiger partial charge in [0, 0.05) is 6.42 Å². The highest BCUT2D eigenvalue weighted by Crippen LogP contribution is 2.40. The fourth-order valence-corrected chi connectivity index (χ4v) is 3.92. The maximum absolute atomic E-state index is 12.5. The molecule has 0 N–H and O–H groups in total. The minimum absolute atomic E-state index is 0.0387. The highest BCUT2D eigenvalue weighted by atomic mass is 28.4. The number of hydrogen-bond acceptors (Lipinski definition) is 4. The molecule has 1 atom stereocenters. The van der Waals surface area contributed by atoms with Crippen molar-refractivity contribution in [3.63, 3.8) is 0 Å². The van der Waals surface area contributed by atoms with E-state index < -0.39 is 26.2 Å². The smallest absolute Gasteiger partial charge is 0.509 e. The van der Waals surface area contributed by atoms with Crippen LogP contribution in [0.1, 0.15) is 65.2 Å². The summed E-state index contributed by atoms with van der Waals surface area (Å²) in [6, 6.07) is 19.8. The third kappa shape index (κ3) is 8.19. The van der Waals surface area contributed by atoms with Gasteiger partial charge in [-0.1, -0.05) is 81.4 Å². The number of carbonyl (C=O) groups excluding carboxylic acids is 1. The van der Waals surface area contributed by atoms with E-state index in [1.807, 2.05) is 81.4 Å². The highest BCUT2D eigenvalue weighted by Gasteiger charge is 2.40. The Balaban J connectivity index is 2.40. The van der Waals surface area contributed by atoms with E-state index in [9.17, 15) is 4.79 Å². The van der Waals surface area contributed by atoms with E-state index >= 15 is 0 Å². The van der Waals surface area contributed by atoms with Crippen LogP contribution in [0.2, 0.25) is 18.1 Å². The molecule has 0 fully saturated rings. The van der Waals surface area contributed by atoms with Crippen LogP contribution in [0, 0.1) is 0 Å². The molecule has 0 aliphatic heterocycles. The van der Waals surface area contributed by atoms with Gasteiger partial charge in [0.1, 0.15) is 11.7 Å². The molecule has 0 radical (unpaired) electrons. The van der Waals surface area contributed by atoms with E-state index in [1.165, 1.54) is 0 Å². The lowest BCUT2D eigenvalue weighted by atomic mass is 10.0. The van der Waals surface area contributed by atoms with Crippen molar-refractivity contribution in [2.75, 3.05) is 0 Å². The molecule has 0 spiro atoms. The van der Waals surface area contributed by atoms with Gasteiger partial charge in [0.25, 0.3) is 0 Å². The van der Waals surface area contributed by atoms with E-state index in [0.717, 1.165) is 16.9 Å². The number of rotatable bonds is 7. The van der Waals surface area contributed by atoms with Crippen LogP contribution in [0.25, 0.3) is 6.08 Å². The Labute approximate surface area is 194 Å². The second-order valence-corrected chi connectivity index (χ2v) is 15.3. The summed E-state index contributed by atoms with van der Waals surface area (Å²) in [6.07, 6.45) is 1.27. The fourth-order valence-electron chi connectivity index (χ4n) is 2.81. The van der Waals surface area contributed by atoms with Crippen molar-refractivity contribution in [1.82, 2.24) is 0 Å². The van der Waals surface area contributed by atoms with Gasteiger partial charge in [-0.25, -0.2) is 4.79 Å². The number of carbonyl (C=O) groups is 1. The lowest BCUT2D eigenvalue weighted by molar-refractivity contribution is -0.0286. The van der Waals surface area contributed by atoms with Crippen LogP contribution in [-0.4, -0.2) is 20.1 Å². The molecule has 2 aromatic rings. The topological polar surface area (TPSA) is 44.8 Å². The maximum atomic E-state index is 12.5. The Morgan fingerprint density at radius 2 is 1.44 bits per heavy atom. The van der Waals surface area contributed by atoms with Crippen LogP contribution in [0.3, 0.4) is 0 Å². The summed E-state index contributed by atoms with van der Waals surface area (Å²) < 4.78 is 18.0. The zero-order valence-electron chi connectivity index (χ0n) is 20.8. The summed E-state index contributed by atoms with van der Waals surface area (Å²) in [5, 5.41) is 0.0387. The Bertz CT molecular complexity index is 891. The molecular formula is C27H38O4Si. The van der Waals surface area contributed by atoms with Gasteiger partial charge in [-0.3, -0.25) is 0 Å². The SMILES string of the molecule is CC(C)(C)OC(=O)O[C@H](C/C(=C/c1ccccc1)O[Si](C)(C)C(C)(C)C)c1ccccc1. The first kappa shape index (κ1) is 25.7. The Kier molecular flexibility index (Phi) is 8.35. The minimum atomic E-state index is -2.11. The normalized spacial score (nSPS) is 13.9. The zero-order chi connectivity index (χ0) is 24.0. The summed E-state index contributed by atoms with van der Waals surface area (Å²) >= 11 is 0. The second kappa shape index (κ2) is 10.4. The number of benzene rings is 2. The molecule has 0 unspecified atom stereocenters. The van der Waals surface area contributed by atoms with E-state index in [0.29, 0.717) is 6.42 Å². The van der Waals surface area contributed by atoms with E-state index in [1.54, 1.807) is 0 Å². The van der Waals surface area contributed by atoms with Crippen molar-refractivity contribution in [3.8, 4) is 0 Å². The highest BCUT2D eigenvalue weighted by molar-refractivity contribution is 6.74. The molecule has 0 saturated carbocycles.